The predicted octanol–water partition coefficient (Wildman–Crippen LogP) is 4.48. The van der Waals surface area contributed by atoms with Crippen LogP contribution in [-0.4, -0.2) is 41.4 Å². The number of aryl methyl sites for hydroxylation is 1. The van der Waals surface area contributed by atoms with E-state index < -0.39 is 41.2 Å². The minimum absolute atomic E-state index is 0.0347. The molecule has 0 unspecified atom stereocenters. The van der Waals surface area contributed by atoms with Crippen molar-refractivity contribution in [2.75, 3.05) is 13.2 Å². The van der Waals surface area contributed by atoms with Gasteiger partial charge in [0.2, 0.25) is 0 Å². The van der Waals surface area contributed by atoms with Crippen LogP contribution in [0.1, 0.15) is 46.9 Å². The summed E-state index contributed by atoms with van der Waals surface area (Å²) in [4.78, 5) is 17.2. The fourth-order valence-electron chi connectivity index (χ4n) is 4.32. The number of nitrogens with two attached hydrogens (primary N) is 1. The third-order valence-corrected chi connectivity index (χ3v) is 6.92. The van der Waals surface area contributed by atoms with E-state index in [2.05, 4.69) is 10.3 Å². The standard InChI is InChI=1S/C28H27F4N3O4/c1-15-11-17(5-10-21(15)39-19-8-9-19)25(36)34-13-26(2,37)22-12-20-24(38-14-27(20,33)28(30,31)32)23(35-22)16-3-6-18(29)7-4-16/h3-7,10-12,19,37H,8-9,13-14,33H2,1-2H3,(H,34,36)/t26-,27-/m0/s1. The summed E-state index contributed by atoms with van der Waals surface area (Å²) < 4.78 is 66.7. The minimum atomic E-state index is -4.87. The molecule has 0 spiro atoms. The Hall–Kier alpha value is -3.70. The lowest BCUT2D eigenvalue weighted by Gasteiger charge is -2.28. The van der Waals surface area contributed by atoms with Gasteiger partial charge in [0.15, 0.2) is 11.3 Å². The first-order valence-corrected chi connectivity index (χ1v) is 12.4. The van der Waals surface area contributed by atoms with Gasteiger partial charge in [-0.15, -0.1) is 0 Å². The summed E-state index contributed by atoms with van der Waals surface area (Å²) in [6.45, 7) is 1.88. The molecule has 0 saturated heterocycles. The smallest absolute Gasteiger partial charge is 0.414 e. The maximum absolute atomic E-state index is 14.0. The van der Waals surface area contributed by atoms with Gasteiger partial charge in [0.1, 0.15) is 29.5 Å². The Bertz CT molecular complexity index is 1420. The number of alkyl halides is 3. The van der Waals surface area contributed by atoms with Crippen molar-refractivity contribution in [2.24, 2.45) is 5.73 Å². The number of fused-ring (bicyclic) bond motifs is 1. The summed E-state index contributed by atoms with van der Waals surface area (Å²) in [6.07, 6.45) is -2.68. The molecule has 2 atom stereocenters. The topological polar surface area (TPSA) is 107 Å². The van der Waals surface area contributed by atoms with Crippen LogP contribution in [0.25, 0.3) is 11.3 Å². The van der Waals surface area contributed by atoms with Gasteiger partial charge in [-0.2, -0.15) is 13.2 Å². The van der Waals surface area contributed by atoms with Gasteiger partial charge in [0.25, 0.3) is 5.91 Å². The number of hydrogen-bond donors (Lipinski definition) is 3. The predicted molar refractivity (Wildman–Crippen MR) is 134 cm³/mol. The Labute approximate surface area is 222 Å². The second-order valence-corrected chi connectivity index (χ2v) is 10.3. The fraction of sp³-hybridized carbons (Fsp3) is 0.357. The molecule has 3 aromatic rings. The molecule has 1 fully saturated rings. The summed E-state index contributed by atoms with van der Waals surface area (Å²) in [5, 5.41) is 13.9. The zero-order chi connectivity index (χ0) is 28.2. The molecule has 1 amide bonds. The fourth-order valence-corrected chi connectivity index (χ4v) is 4.32. The first-order chi connectivity index (χ1) is 18.3. The Morgan fingerprint density at radius 3 is 2.51 bits per heavy atom. The summed E-state index contributed by atoms with van der Waals surface area (Å²) in [5.74, 6) is -0.557. The first-order valence-electron chi connectivity index (χ1n) is 12.4. The van der Waals surface area contributed by atoms with Crippen molar-refractivity contribution >= 4 is 5.91 Å². The Balaban J connectivity index is 1.45. The van der Waals surface area contributed by atoms with E-state index in [4.69, 9.17) is 15.2 Å². The van der Waals surface area contributed by atoms with Crippen LogP contribution in [0.3, 0.4) is 0 Å². The molecule has 1 aliphatic carbocycles. The number of amides is 1. The second-order valence-electron chi connectivity index (χ2n) is 10.3. The molecule has 4 N–H and O–H groups in total. The number of nitrogens with zero attached hydrogens (tertiary/aromatic N) is 1. The van der Waals surface area contributed by atoms with Crippen LogP contribution in [0.15, 0.2) is 48.5 Å². The molecule has 7 nitrogen and oxygen atoms in total. The van der Waals surface area contributed by atoms with Crippen molar-refractivity contribution in [3.8, 4) is 22.8 Å². The van der Waals surface area contributed by atoms with Gasteiger partial charge in [-0.3, -0.25) is 4.79 Å². The molecule has 1 saturated carbocycles. The zero-order valence-electron chi connectivity index (χ0n) is 21.2. The van der Waals surface area contributed by atoms with Crippen molar-refractivity contribution in [3.05, 3.63) is 76.7 Å². The lowest BCUT2D eigenvalue weighted by Crippen LogP contribution is -2.52. The number of ether oxygens (including phenoxy) is 2. The highest BCUT2D eigenvalue weighted by atomic mass is 19.4. The lowest BCUT2D eigenvalue weighted by molar-refractivity contribution is -0.191. The van der Waals surface area contributed by atoms with E-state index in [1.165, 1.54) is 19.1 Å². The summed E-state index contributed by atoms with van der Waals surface area (Å²) in [7, 11) is 0. The molecule has 5 rings (SSSR count). The number of aliphatic hydroxyl groups is 1. The average molecular weight is 546 g/mol. The highest BCUT2D eigenvalue weighted by Gasteiger charge is 2.59. The van der Waals surface area contributed by atoms with Crippen molar-refractivity contribution in [2.45, 2.75) is 50.1 Å². The van der Waals surface area contributed by atoms with Gasteiger partial charge in [-0.1, -0.05) is 0 Å². The molecular formula is C28H27F4N3O4. The Morgan fingerprint density at radius 1 is 1.21 bits per heavy atom. The molecular weight excluding hydrogens is 518 g/mol. The van der Waals surface area contributed by atoms with Gasteiger partial charge in [0.05, 0.1) is 18.3 Å². The monoisotopic (exact) mass is 545 g/mol. The number of nitrogens with one attached hydrogen (secondary N) is 1. The minimum Gasteiger partial charge on any atom is -0.490 e. The van der Waals surface area contributed by atoms with E-state index in [1.807, 2.05) is 6.92 Å². The lowest BCUT2D eigenvalue weighted by atomic mass is 9.88. The zero-order valence-corrected chi connectivity index (χ0v) is 21.2. The van der Waals surface area contributed by atoms with Gasteiger partial charge in [-0.05, 0) is 80.8 Å². The van der Waals surface area contributed by atoms with Crippen LogP contribution in [0.5, 0.6) is 11.5 Å². The second kappa shape index (κ2) is 9.49. The van der Waals surface area contributed by atoms with Crippen molar-refractivity contribution in [1.82, 2.24) is 10.3 Å². The molecule has 2 aromatic carbocycles. The van der Waals surface area contributed by atoms with E-state index in [1.54, 1.807) is 18.2 Å². The number of pyridine rings is 1. The number of hydrogen-bond acceptors (Lipinski definition) is 6. The number of carbonyl (C=O) groups is 1. The molecule has 11 heteroatoms. The average Bonchev–Trinajstić information content (AvgIpc) is 3.63. The highest BCUT2D eigenvalue weighted by molar-refractivity contribution is 5.94. The molecule has 2 aliphatic rings. The summed E-state index contributed by atoms with van der Waals surface area (Å²) in [5.41, 5.74) is 1.79. The molecule has 2 heterocycles. The molecule has 1 aromatic heterocycles. The van der Waals surface area contributed by atoms with Gasteiger partial charge < -0.3 is 25.6 Å². The van der Waals surface area contributed by atoms with E-state index in [9.17, 15) is 27.5 Å². The SMILES string of the molecule is Cc1cc(C(=O)NC[C@](C)(O)c2cc3c(c(-c4ccc(F)cc4)n2)OC[C@@]3(N)C(F)(F)F)ccc1OC1CC1. The highest BCUT2D eigenvalue weighted by Crippen LogP contribution is 2.49. The maximum Gasteiger partial charge on any atom is 0.414 e. The summed E-state index contributed by atoms with van der Waals surface area (Å²) >= 11 is 0. The van der Waals surface area contributed by atoms with Crippen LogP contribution in [0.4, 0.5) is 17.6 Å². The van der Waals surface area contributed by atoms with Crippen LogP contribution in [0, 0.1) is 12.7 Å². The largest absolute Gasteiger partial charge is 0.490 e. The number of halogens is 4. The van der Waals surface area contributed by atoms with E-state index in [-0.39, 0.29) is 35.3 Å². The van der Waals surface area contributed by atoms with Gasteiger partial charge in [0, 0.05) is 16.7 Å². The van der Waals surface area contributed by atoms with E-state index >= 15 is 0 Å². The summed E-state index contributed by atoms with van der Waals surface area (Å²) in [6, 6.07) is 10.9. The Morgan fingerprint density at radius 2 is 1.90 bits per heavy atom. The van der Waals surface area contributed by atoms with Crippen molar-refractivity contribution in [3.63, 3.8) is 0 Å². The Kier molecular flexibility index (Phi) is 6.54. The maximum atomic E-state index is 14.0. The van der Waals surface area contributed by atoms with E-state index in [0.29, 0.717) is 11.3 Å². The van der Waals surface area contributed by atoms with Crippen molar-refractivity contribution in [1.29, 1.82) is 0 Å². The van der Waals surface area contributed by atoms with Crippen molar-refractivity contribution < 1.29 is 36.9 Å². The van der Waals surface area contributed by atoms with Gasteiger partial charge in [-0.25, -0.2) is 9.37 Å². The number of rotatable bonds is 7. The number of aromatic nitrogens is 1. The third kappa shape index (κ3) is 5.16. The molecule has 0 bridgehead atoms. The molecule has 206 valence electrons. The third-order valence-electron chi connectivity index (χ3n) is 6.92. The molecule has 0 radical (unpaired) electrons. The van der Waals surface area contributed by atoms with Gasteiger partial charge >= 0.3 is 6.18 Å². The molecule has 1 aliphatic heterocycles. The van der Waals surface area contributed by atoms with Crippen LogP contribution >= 0.6 is 0 Å². The van der Waals surface area contributed by atoms with Crippen LogP contribution in [0.2, 0.25) is 0 Å². The van der Waals surface area contributed by atoms with E-state index in [0.717, 1.165) is 36.6 Å². The number of carbonyl (C=O) groups excluding carboxylic acids is 1. The molecule has 39 heavy (non-hydrogen) atoms. The first kappa shape index (κ1) is 26.9. The quantitative estimate of drug-likeness (QED) is 0.378. The number of benzene rings is 2. The van der Waals surface area contributed by atoms with Crippen LogP contribution in [-0.2, 0) is 11.1 Å². The van der Waals surface area contributed by atoms with Crippen LogP contribution < -0.4 is 20.5 Å². The normalized spacial score (nSPS) is 20.1.